The van der Waals surface area contributed by atoms with Crippen molar-refractivity contribution in [2.24, 2.45) is 5.92 Å². The van der Waals surface area contributed by atoms with E-state index in [1.165, 1.54) is 0 Å². The molecule has 1 saturated heterocycles. The normalized spacial score (nSPS) is 20.8. The molecular weight excluding hydrogens is 284 g/mol. The summed E-state index contributed by atoms with van der Waals surface area (Å²) in [6.45, 7) is 2.81. The number of aliphatic hydroxyl groups is 1. The van der Waals surface area contributed by atoms with E-state index < -0.39 is 6.10 Å². The first-order chi connectivity index (χ1) is 10.6. The van der Waals surface area contributed by atoms with E-state index in [1.54, 1.807) is 25.3 Å². The maximum atomic E-state index is 12.0. The highest BCUT2D eigenvalue weighted by Crippen LogP contribution is 2.18. The van der Waals surface area contributed by atoms with Crippen LogP contribution in [0.3, 0.4) is 0 Å². The van der Waals surface area contributed by atoms with Crippen LogP contribution in [-0.4, -0.2) is 67.3 Å². The SMILES string of the molecule is CN(C)C(=O)C1CCCN(CC(O)COCc2ccco2)C1. The van der Waals surface area contributed by atoms with Crippen molar-refractivity contribution in [1.82, 2.24) is 9.80 Å². The van der Waals surface area contributed by atoms with Gasteiger partial charge in [0, 0.05) is 27.2 Å². The van der Waals surface area contributed by atoms with Crippen LogP contribution in [0.2, 0.25) is 0 Å². The van der Waals surface area contributed by atoms with Gasteiger partial charge in [-0.15, -0.1) is 0 Å². The number of amides is 1. The second-order valence-corrected chi connectivity index (χ2v) is 6.08. The summed E-state index contributed by atoms with van der Waals surface area (Å²) >= 11 is 0. The number of aliphatic hydroxyl groups excluding tert-OH is 1. The first-order valence-electron chi connectivity index (χ1n) is 7.78. The van der Waals surface area contributed by atoms with Crippen LogP contribution in [0.25, 0.3) is 0 Å². The number of nitrogens with zero attached hydrogens (tertiary/aromatic N) is 2. The average Bonchev–Trinajstić information content (AvgIpc) is 3.00. The second-order valence-electron chi connectivity index (χ2n) is 6.08. The molecule has 2 heterocycles. The van der Waals surface area contributed by atoms with Crippen molar-refractivity contribution in [3.05, 3.63) is 24.2 Å². The standard InChI is InChI=1S/C16H26N2O4/c1-17(2)16(20)13-5-3-7-18(9-13)10-14(19)11-21-12-15-6-4-8-22-15/h4,6,8,13-14,19H,3,5,7,9-12H2,1-2H3. The number of furan rings is 1. The van der Waals surface area contributed by atoms with Gasteiger partial charge in [-0.05, 0) is 31.5 Å². The second kappa shape index (κ2) is 8.31. The zero-order valence-electron chi connectivity index (χ0n) is 13.4. The smallest absolute Gasteiger partial charge is 0.226 e. The molecule has 124 valence electrons. The summed E-state index contributed by atoms with van der Waals surface area (Å²) in [5, 5.41) is 10.1. The molecule has 0 bridgehead atoms. The first-order valence-corrected chi connectivity index (χ1v) is 7.78. The number of hydrogen-bond donors (Lipinski definition) is 1. The Hall–Kier alpha value is -1.37. The van der Waals surface area contributed by atoms with Crippen molar-refractivity contribution in [2.45, 2.75) is 25.6 Å². The third-order valence-electron chi connectivity index (χ3n) is 3.90. The van der Waals surface area contributed by atoms with E-state index in [4.69, 9.17) is 9.15 Å². The summed E-state index contributed by atoms with van der Waals surface area (Å²) in [5.74, 6) is 0.968. The molecule has 1 aromatic rings. The van der Waals surface area contributed by atoms with Gasteiger partial charge in [0.05, 0.1) is 24.9 Å². The molecule has 1 fully saturated rings. The Bertz CT molecular complexity index is 447. The van der Waals surface area contributed by atoms with Crippen LogP contribution in [0.4, 0.5) is 0 Å². The zero-order chi connectivity index (χ0) is 15.9. The fourth-order valence-corrected chi connectivity index (χ4v) is 2.83. The molecule has 0 saturated carbocycles. The maximum absolute atomic E-state index is 12.0. The molecule has 0 radical (unpaired) electrons. The number of hydrogen-bond acceptors (Lipinski definition) is 5. The molecule has 0 aliphatic carbocycles. The molecule has 1 aromatic heterocycles. The van der Waals surface area contributed by atoms with Crippen molar-refractivity contribution < 1.29 is 19.1 Å². The lowest BCUT2D eigenvalue weighted by molar-refractivity contribution is -0.135. The predicted molar refractivity (Wildman–Crippen MR) is 82.2 cm³/mol. The summed E-state index contributed by atoms with van der Waals surface area (Å²) in [6.07, 6.45) is 2.97. The van der Waals surface area contributed by atoms with E-state index in [-0.39, 0.29) is 18.4 Å². The summed E-state index contributed by atoms with van der Waals surface area (Å²) in [5.41, 5.74) is 0. The number of rotatable bonds is 7. The molecule has 0 spiro atoms. The van der Waals surface area contributed by atoms with Crippen molar-refractivity contribution in [1.29, 1.82) is 0 Å². The van der Waals surface area contributed by atoms with Gasteiger partial charge in [-0.3, -0.25) is 9.69 Å². The van der Waals surface area contributed by atoms with Gasteiger partial charge >= 0.3 is 0 Å². The number of piperidine rings is 1. The van der Waals surface area contributed by atoms with Gasteiger partial charge in [0.25, 0.3) is 0 Å². The first kappa shape index (κ1) is 17.0. The number of ether oxygens (including phenoxy) is 1. The Morgan fingerprint density at radius 2 is 2.41 bits per heavy atom. The maximum Gasteiger partial charge on any atom is 0.226 e. The molecule has 1 aliphatic rings. The van der Waals surface area contributed by atoms with Crippen LogP contribution in [0.15, 0.2) is 22.8 Å². The fourth-order valence-electron chi connectivity index (χ4n) is 2.83. The number of β-amino-alcohol motifs (C(OH)–C–C–N with tert-alkyl or cyclic N) is 1. The van der Waals surface area contributed by atoms with Gasteiger partial charge in [0.2, 0.25) is 5.91 Å². The van der Waals surface area contributed by atoms with Crippen LogP contribution in [0.1, 0.15) is 18.6 Å². The molecule has 0 aromatic carbocycles. The molecule has 1 amide bonds. The molecule has 2 atom stereocenters. The predicted octanol–water partition coefficient (Wildman–Crippen LogP) is 0.957. The number of likely N-dealkylation sites (tertiary alicyclic amines) is 1. The van der Waals surface area contributed by atoms with Gasteiger partial charge in [0.1, 0.15) is 12.4 Å². The highest BCUT2D eigenvalue weighted by Gasteiger charge is 2.27. The van der Waals surface area contributed by atoms with Gasteiger partial charge in [-0.25, -0.2) is 0 Å². The van der Waals surface area contributed by atoms with E-state index in [0.717, 1.165) is 25.1 Å². The van der Waals surface area contributed by atoms with Gasteiger partial charge in [-0.1, -0.05) is 0 Å². The van der Waals surface area contributed by atoms with Gasteiger partial charge in [-0.2, -0.15) is 0 Å². The van der Waals surface area contributed by atoms with Crippen LogP contribution in [-0.2, 0) is 16.1 Å². The molecule has 2 unspecified atom stereocenters. The largest absolute Gasteiger partial charge is 0.467 e. The van der Waals surface area contributed by atoms with Gasteiger partial charge < -0.3 is 19.2 Å². The van der Waals surface area contributed by atoms with Crippen LogP contribution >= 0.6 is 0 Å². The lowest BCUT2D eigenvalue weighted by Gasteiger charge is -2.34. The molecule has 1 N–H and O–H groups in total. The number of carbonyl (C=O) groups excluding carboxylic acids is 1. The van der Waals surface area contributed by atoms with Crippen LogP contribution in [0.5, 0.6) is 0 Å². The lowest BCUT2D eigenvalue weighted by Crippen LogP contribution is -2.45. The zero-order valence-corrected chi connectivity index (χ0v) is 13.4. The molecule has 6 nitrogen and oxygen atoms in total. The Kier molecular flexibility index (Phi) is 6.42. The minimum Gasteiger partial charge on any atom is -0.467 e. The summed E-state index contributed by atoms with van der Waals surface area (Å²) < 4.78 is 10.6. The van der Waals surface area contributed by atoms with E-state index in [9.17, 15) is 9.90 Å². The van der Waals surface area contributed by atoms with Crippen LogP contribution < -0.4 is 0 Å². The Morgan fingerprint density at radius 1 is 1.59 bits per heavy atom. The van der Waals surface area contributed by atoms with Crippen molar-refractivity contribution in [3.63, 3.8) is 0 Å². The van der Waals surface area contributed by atoms with E-state index in [2.05, 4.69) is 4.90 Å². The van der Waals surface area contributed by atoms with Crippen molar-refractivity contribution in [3.8, 4) is 0 Å². The Morgan fingerprint density at radius 3 is 3.09 bits per heavy atom. The summed E-state index contributed by atoms with van der Waals surface area (Å²) in [7, 11) is 3.58. The third-order valence-corrected chi connectivity index (χ3v) is 3.90. The van der Waals surface area contributed by atoms with Crippen molar-refractivity contribution in [2.75, 3.05) is 40.3 Å². The van der Waals surface area contributed by atoms with Crippen molar-refractivity contribution >= 4 is 5.91 Å². The lowest BCUT2D eigenvalue weighted by atomic mass is 9.96. The molecule has 2 rings (SSSR count). The summed E-state index contributed by atoms with van der Waals surface area (Å²) in [6, 6.07) is 3.65. The topological polar surface area (TPSA) is 66.2 Å². The third kappa shape index (κ3) is 5.12. The molecule has 6 heteroatoms. The fraction of sp³-hybridized carbons (Fsp3) is 0.688. The average molecular weight is 310 g/mol. The van der Waals surface area contributed by atoms with E-state index in [0.29, 0.717) is 19.7 Å². The Labute approximate surface area is 131 Å². The van der Waals surface area contributed by atoms with Crippen LogP contribution in [0, 0.1) is 5.92 Å². The van der Waals surface area contributed by atoms with E-state index >= 15 is 0 Å². The van der Waals surface area contributed by atoms with E-state index in [1.807, 2.05) is 12.1 Å². The monoisotopic (exact) mass is 310 g/mol. The van der Waals surface area contributed by atoms with Gasteiger partial charge in [0.15, 0.2) is 0 Å². The number of carbonyl (C=O) groups is 1. The molecular formula is C16H26N2O4. The minimum atomic E-state index is -0.553. The quantitative estimate of drug-likeness (QED) is 0.812. The molecule has 22 heavy (non-hydrogen) atoms. The summed E-state index contributed by atoms with van der Waals surface area (Å²) in [4.78, 5) is 15.8. The molecule has 1 aliphatic heterocycles. The minimum absolute atomic E-state index is 0.0417. The highest BCUT2D eigenvalue weighted by atomic mass is 16.5. The highest BCUT2D eigenvalue weighted by molar-refractivity contribution is 5.78. The Balaban J connectivity index is 1.69.